The third kappa shape index (κ3) is 4.21. The van der Waals surface area contributed by atoms with Crippen LogP contribution >= 0.6 is 11.6 Å². The third-order valence-electron chi connectivity index (χ3n) is 2.18. The molecule has 7 heteroatoms. The number of benzene rings is 1. The van der Waals surface area contributed by atoms with Gasteiger partial charge in [-0.3, -0.25) is 14.9 Å². The number of nitrogens with one attached hydrogen (secondary N) is 2. The standard InChI is InChI=1S/C11H14ClN3O3/c1-2-5-13-11(16)7-14-10-4-3-8(15(17)18)6-9(10)12/h3-4,6,14H,2,5,7H2,1H3,(H,13,16). The minimum atomic E-state index is -0.524. The lowest BCUT2D eigenvalue weighted by Crippen LogP contribution is -2.30. The van der Waals surface area contributed by atoms with Crippen molar-refractivity contribution in [1.29, 1.82) is 0 Å². The molecule has 0 spiro atoms. The molecule has 0 aromatic heterocycles. The SMILES string of the molecule is CCCNC(=O)CNc1ccc([N+](=O)[O-])cc1Cl. The molecule has 0 fully saturated rings. The largest absolute Gasteiger partial charge is 0.375 e. The summed E-state index contributed by atoms with van der Waals surface area (Å²) in [7, 11) is 0. The molecule has 2 N–H and O–H groups in total. The Morgan fingerprint density at radius 3 is 2.78 bits per heavy atom. The van der Waals surface area contributed by atoms with Gasteiger partial charge >= 0.3 is 0 Å². The molecule has 18 heavy (non-hydrogen) atoms. The average Bonchev–Trinajstić information content (AvgIpc) is 2.34. The predicted molar refractivity (Wildman–Crippen MR) is 69.9 cm³/mol. The normalized spacial score (nSPS) is 9.89. The van der Waals surface area contributed by atoms with E-state index in [9.17, 15) is 14.9 Å². The van der Waals surface area contributed by atoms with Crippen molar-refractivity contribution in [1.82, 2.24) is 5.32 Å². The van der Waals surface area contributed by atoms with E-state index in [1.54, 1.807) is 0 Å². The first kappa shape index (κ1) is 14.2. The second kappa shape index (κ2) is 6.80. The molecular weight excluding hydrogens is 258 g/mol. The molecule has 0 radical (unpaired) electrons. The van der Waals surface area contributed by atoms with Gasteiger partial charge in [0.15, 0.2) is 0 Å². The highest BCUT2D eigenvalue weighted by Crippen LogP contribution is 2.26. The van der Waals surface area contributed by atoms with Crippen LogP contribution in [0.2, 0.25) is 5.02 Å². The maximum Gasteiger partial charge on any atom is 0.271 e. The molecule has 98 valence electrons. The zero-order chi connectivity index (χ0) is 13.5. The van der Waals surface area contributed by atoms with Crippen LogP contribution in [-0.4, -0.2) is 23.9 Å². The number of carbonyl (C=O) groups excluding carboxylic acids is 1. The number of non-ortho nitro benzene ring substituents is 1. The fraction of sp³-hybridized carbons (Fsp3) is 0.364. The summed E-state index contributed by atoms with van der Waals surface area (Å²) in [5.74, 6) is -0.147. The topological polar surface area (TPSA) is 84.3 Å². The maximum absolute atomic E-state index is 11.3. The molecule has 0 atom stereocenters. The number of anilines is 1. The van der Waals surface area contributed by atoms with Crippen LogP contribution in [0.1, 0.15) is 13.3 Å². The minimum Gasteiger partial charge on any atom is -0.375 e. The first-order valence-corrected chi connectivity index (χ1v) is 5.87. The molecule has 0 unspecified atom stereocenters. The van der Waals surface area contributed by atoms with Crippen molar-refractivity contribution in [2.75, 3.05) is 18.4 Å². The Labute approximate surface area is 109 Å². The highest BCUT2D eigenvalue weighted by atomic mass is 35.5. The molecule has 1 aromatic carbocycles. The lowest BCUT2D eigenvalue weighted by Gasteiger charge is -2.08. The predicted octanol–water partition coefficient (Wildman–Crippen LogP) is 2.19. The van der Waals surface area contributed by atoms with Crippen molar-refractivity contribution in [3.05, 3.63) is 33.3 Å². The number of amides is 1. The Hall–Kier alpha value is -1.82. The molecule has 0 aliphatic heterocycles. The van der Waals surface area contributed by atoms with Crippen LogP contribution in [0.5, 0.6) is 0 Å². The van der Waals surface area contributed by atoms with Gasteiger partial charge in [-0.05, 0) is 12.5 Å². The summed E-state index contributed by atoms with van der Waals surface area (Å²) in [6.45, 7) is 2.66. The fourth-order valence-corrected chi connectivity index (χ4v) is 1.50. The van der Waals surface area contributed by atoms with Crippen molar-refractivity contribution < 1.29 is 9.72 Å². The van der Waals surface area contributed by atoms with Crippen LogP contribution in [0, 0.1) is 10.1 Å². The summed E-state index contributed by atoms with van der Waals surface area (Å²) in [4.78, 5) is 21.3. The second-order valence-electron chi connectivity index (χ2n) is 3.62. The first-order chi connectivity index (χ1) is 8.54. The molecule has 0 bridgehead atoms. The molecular formula is C11H14ClN3O3. The molecule has 0 aliphatic rings. The average molecular weight is 272 g/mol. The van der Waals surface area contributed by atoms with Gasteiger partial charge in [0.25, 0.3) is 5.69 Å². The zero-order valence-corrected chi connectivity index (χ0v) is 10.7. The summed E-state index contributed by atoms with van der Waals surface area (Å²) < 4.78 is 0. The molecule has 6 nitrogen and oxygen atoms in total. The van der Waals surface area contributed by atoms with E-state index in [4.69, 9.17) is 11.6 Å². The Kier molecular flexibility index (Phi) is 5.38. The van der Waals surface area contributed by atoms with Gasteiger partial charge < -0.3 is 10.6 Å². The maximum atomic E-state index is 11.3. The van der Waals surface area contributed by atoms with E-state index < -0.39 is 4.92 Å². The highest BCUT2D eigenvalue weighted by Gasteiger charge is 2.09. The van der Waals surface area contributed by atoms with E-state index in [2.05, 4.69) is 10.6 Å². The smallest absolute Gasteiger partial charge is 0.271 e. The van der Waals surface area contributed by atoms with Gasteiger partial charge in [-0.25, -0.2) is 0 Å². The van der Waals surface area contributed by atoms with E-state index in [1.165, 1.54) is 18.2 Å². The van der Waals surface area contributed by atoms with Gasteiger partial charge in [0, 0.05) is 18.7 Å². The summed E-state index contributed by atoms with van der Waals surface area (Å²) >= 11 is 5.86. The zero-order valence-electron chi connectivity index (χ0n) is 9.90. The summed E-state index contributed by atoms with van der Waals surface area (Å²) in [6, 6.07) is 4.06. The van der Waals surface area contributed by atoms with Gasteiger partial charge in [0.05, 0.1) is 22.2 Å². The molecule has 0 saturated heterocycles. The van der Waals surface area contributed by atoms with E-state index in [-0.39, 0.29) is 23.2 Å². The summed E-state index contributed by atoms with van der Waals surface area (Å²) in [5, 5.41) is 16.2. The number of halogens is 1. The number of nitrogens with zero attached hydrogens (tertiary/aromatic N) is 1. The van der Waals surface area contributed by atoms with Crippen LogP contribution in [0.4, 0.5) is 11.4 Å². The lowest BCUT2D eigenvalue weighted by atomic mass is 10.3. The highest BCUT2D eigenvalue weighted by molar-refractivity contribution is 6.33. The summed E-state index contributed by atoms with van der Waals surface area (Å²) in [5.41, 5.74) is 0.412. The van der Waals surface area contributed by atoms with Gasteiger partial charge in [0.2, 0.25) is 5.91 Å². The van der Waals surface area contributed by atoms with E-state index in [1.807, 2.05) is 6.92 Å². The van der Waals surface area contributed by atoms with Crippen LogP contribution in [-0.2, 0) is 4.79 Å². The molecule has 0 aliphatic carbocycles. The monoisotopic (exact) mass is 271 g/mol. The van der Waals surface area contributed by atoms with Crippen LogP contribution in [0.3, 0.4) is 0 Å². The van der Waals surface area contributed by atoms with Crippen LogP contribution < -0.4 is 10.6 Å². The number of hydrogen-bond donors (Lipinski definition) is 2. The molecule has 1 amide bonds. The van der Waals surface area contributed by atoms with Crippen molar-refractivity contribution >= 4 is 28.9 Å². The second-order valence-corrected chi connectivity index (χ2v) is 4.03. The Morgan fingerprint density at radius 1 is 1.50 bits per heavy atom. The quantitative estimate of drug-likeness (QED) is 0.613. The van der Waals surface area contributed by atoms with Crippen LogP contribution in [0.15, 0.2) is 18.2 Å². The number of carbonyl (C=O) groups is 1. The first-order valence-electron chi connectivity index (χ1n) is 5.49. The van der Waals surface area contributed by atoms with Crippen molar-refractivity contribution in [3.8, 4) is 0 Å². The molecule has 0 heterocycles. The third-order valence-corrected chi connectivity index (χ3v) is 2.49. The lowest BCUT2D eigenvalue weighted by molar-refractivity contribution is -0.384. The van der Waals surface area contributed by atoms with Gasteiger partial charge in [-0.1, -0.05) is 18.5 Å². The van der Waals surface area contributed by atoms with Crippen molar-refractivity contribution in [2.24, 2.45) is 0 Å². The summed E-state index contributed by atoms with van der Waals surface area (Å²) in [6.07, 6.45) is 0.865. The fourth-order valence-electron chi connectivity index (χ4n) is 1.26. The Bertz CT molecular complexity index is 451. The van der Waals surface area contributed by atoms with E-state index >= 15 is 0 Å². The van der Waals surface area contributed by atoms with Crippen LogP contribution in [0.25, 0.3) is 0 Å². The number of nitro benzene ring substituents is 1. The number of hydrogen-bond acceptors (Lipinski definition) is 4. The number of nitro groups is 1. The minimum absolute atomic E-state index is 0.0809. The van der Waals surface area contributed by atoms with E-state index in [0.717, 1.165) is 6.42 Å². The number of rotatable bonds is 6. The van der Waals surface area contributed by atoms with Gasteiger partial charge in [0.1, 0.15) is 0 Å². The van der Waals surface area contributed by atoms with Crippen molar-refractivity contribution in [2.45, 2.75) is 13.3 Å². The van der Waals surface area contributed by atoms with Crippen molar-refractivity contribution in [3.63, 3.8) is 0 Å². The Balaban J connectivity index is 2.58. The van der Waals surface area contributed by atoms with Gasteiger partial charge in [-0.15, -0.1) is 0 Å². The van der Waals surface area contributed by atoms with E-state index in [0.29, 0.717) is 12.2 Å². The van der Waals surface area contributed by atoms with Gasteiger partial charge in [-0.2, -0.15) is 0 Å². The molecule has 0 saturated carbocycles. The molecule has 1 aromatic rings. The Morgan fingerprint density at radius 2 is 2.22 bits per heavy atom. The molecule has 1 rings (SSSR count).